The van der Waals surface area contributed by atoms with Crippen LogP contribution in [0.1, 0.15) is 34.3 Å². The summed E-state index contributed by atoms with van der Waals surface area (Å²) in [6, 6.07) is 13.2. The van der Waals surface area contributed by atoms with Gasteiger partial charge < -0.3 is 5.32 Å². The van der Waals surface area contributed by atoms with Crippen LogP contribution in [-0.2, 0) is 12.8 Å². The lowest BCUT2D eigenvalue weighted by Crippen LogP contribution is -2.17. The first-order valence-electron chi connectivity index (χ1n) is 6.92. The topological polar surface area (TPSA) is 29.1 Å². The standard InChI is InChI=1S/C17H16ClNO/c18-13-7-4-8-14(11-13)19-17(20)16-10-3-6-12-5-1-2-9-15(12)16/h3-4,6-8,10-11H,1-2,5,9H2,(H,19,20). The molecule has 0 atom stereocenters. The van der Waals surface area contributed by atoms with Gasteiger partial charge in [-0.3, -0.25) is 4.79 Å². The maximum Gasteiger partial charge on any atom is 0.255 e. The first-order chi connectivity index (χ1) is 9.74. The van der Waals surface area contributed by atoms with E-state index in [2.05, 4.69) is 11.4 Å². The molecule has 0 aromatic heterocycles. The number of carbonyl (C=O) groups is 1. The van der Waals surface area contributed by atoms with E-state index in [1.54, 1.807) is 12.1 Å². The van der Waals surface area contributed by atoms with Crippen molar-refractivity contribution in [1.29, 1.82) is 0 Å². The van der Waals surface area contributed by atoms with Crippen molar-refractivity contribution in [2.45, 2.75) is 25.7 Å². The Hall–Kier alpha value is -1.80. The zero-order valence-corrected chi connectivity index (χ0v) is 11.9. The molecule has 0 heterocycles. The van der Waals surface area contributed by atoms with Crippen LogP contribution >= 0.6 is 11.6 Å². The monoisotopic (exact) mass is 285 g/mol. The van der Waals surface area contributed by atoms with Gasteiger partial charge >= 0.3 is 0 Å². The van der Waals surface area contributed by atoms with Crippen molar-refractivity contribution in [2.75, 3.05) is 5.32 Å². The summed E-state index contributed by atoms with van der Waals surface area (Å²) >= 11 is 5.94. The van der Waals surface area contributed by atoms with Crippen LogP contribution in [0.5, 0.6) is 0 Å². The number of carbonyl (C=O) groups excluding carboxylic acids is 1. The average Bonchev–Trinajstić information content (AvgIpc) is 2.46. The molecule has 0 saturated heterocycles. The fraction of sp³-hybridized carbons (Fsp3) is 0.235. The average molecular weight is 286 g/mol. The zero-order chi connectivity index (χ0) is 13.9. The van der Waals surface area contributed by atoms with Gasteiger partial charge in [0.05, 0.1) is 0 Å². The Morgan fingerprint density at radius 3 is 2.70 bits per heavy atom. The quantitative estimate of drug-likeness (QED) is 0.866. The van der Waals surface area contributed by atoms with Crippen molar-refractivity contribution in [3.8, 4) is 0 Å². The lowest BCUT2D eigenvalue weighted by Gasteiger charge is -2.18. The van der Waals surface area contributed by atoms with E-state index in [9.17, 15) is 4.79 Å². The molecule has 0 bridgehead atoms. The fourth-order valence-corrected chi connectivity index (χ4v) is 2.95. The molecule has 102 valence electrons. The van der Waals surface area contributed by atoms with Gasteiger partial charge in [-0.1, -0.05) is 29.8 Å². The van der Waals surface area contributed by atoms with Gasteiger partial charge in [0.2, 0.25) is 0 Å². The van der Waals surface area contributed by atoms with Crippen LogP contribution in [0.25, 0.3) is 0 Å². The smallest absolute Gasteiger partial charge is 0.255 e. The van der Waals surface area contributed by atoms with Crippen LogP contribution in [0, 0.1) is 0 Å². The molecule has 0 radical (unpaired) electrons. The molecule has 2 aromatic rings. The number of halogens is 1. The highest BCUT2D eigenvalue weighted by Gasteiger charge is 2.17. The number of fused-ring (bicyclic) bond motifs is 1. The number of amides is 1. The molecule has 0 saturated carbocycles. The maximum absolute atomic E-state index is 12.4. The summed E-state index contributed by atoms with van der Waals surface area (Å²) in [5, 5.41) is 3.55. The van der Waals surface area contributed by atoms with Crippen LogP contribution < -0.4 is 5.32 Å². The number of hydrogen-bond donors (Lipinski definition) is 1. The number of aryl methyl sites for hydroxylation is 1. The fourth-order valence-electron chi connectivity index (χ4n) is 2.76. The second-order valence-corrected chi connectivity index (χ2v) is 5.55. The van der Waals surface area contributed by atoms with Crippen molar-refractivity contribution >= 4 is 23.2 Å². The molecule has 1 aliphatic carbocycles. The van der Waals surface area contributed by atoms with Crippen molar-refractivity contribution in [2.24, 2.45) is 0 Å². The van der Waals surface area contributed by atoms with E-state index in [1.165, 1.54) is 17.5 Å². The third kappa shape index (κ3) is 2.70. The highest BCUT2D eigenvalue weighted by Crippen LogP contribution is 2.25. The summed E-state index contributed by atoms with van der Waals surface area (Å²) in [7, 11) is 0. The largest absolute Gasteiger partial charge is 0.322 e. The number of hydrogen-bond acceptors (Lipinski definition) is 1. The molecule has 3 heteroatoms. The molecule has 2 aromatic carbocycles. The predicted molar refractivity (Wildman–Crippen MR) is 82.5 cm³/mol. The molecule has 0 fully saturated rings. The third-order valence-electron chi connectivity index (χ3n) is 3.72. The molecule has 0 unspecified atom stereocenters. The first-order valence-corrected chi connectivity index (χ1v) is 7.29. The molecule has 1 amide bonds. The van der Waals surface area contributed by atoms with Crippen LogP contribution in [0.3, 0.4) is 0 Å². The Morgan fingerprint density at radius 2 is 1.85 bits per heavy atom. The molecule has 2 nitrogen and oxygen atoms in total. The summed E-state index contributed by atoms with van der Waals surface area (Å²) in [6.45, 7) is 0. The predicted octanol–water partition coefficient (Wildman–Crippen LogP) is 4.47. The highest BCUT2D eigenvalue weighted by molar-refractivity contribution is 6.31. The first kappa shape index (κ1) is 13.2. The van der Waals surface area contributed by atoms with E-state index in [4.69, 9.17) is 11.6 Å². The Bertz CT molecular complexity index is 651. The number of benzene rings is 2. The van der Waals surface area contributed by atoms with E-state index in [1.807, 2.05) is 24.3 Å². The molecular weight excluding hydrogens is 270 g/mol. The van der Waals surface area contributed by atoms with Gasteiger partial charge in [0.1, 0.15) is 0 Å². The molecule has 0 spiro atoms. The van der Waals surface area contributed by atoms with E-state index < -0.39 is 0 Å². The second kappa shape index (κ2) is 5.68. The summed E-state index contributed by atoms with van der Waals surface area (Å²) in [5.41, 5.74) is 4.05. The number of anilines is 1. The second-order valence-electron chi connectivity index (χ2n) is 5.11. The van der Waals surface area contributed by atoms with Gasteiger partial charge in [-0.2, -0.15) is 0 Å². The Morgan fingerprint density at radius 1 is 1.05 bits per heavy atom. The van der Waals surface area contributed by atoms with Gasteiger partial charge in [0, 0.05) is 16.3 Å². The summed E-state index contributed by atoms with van der Waals surface area (Å²) < 4.78 is 0. The summed E-state index contributed by atoms with van der Waals surface area (Å²) in [4.78, 5) is 12.4. The minimum Gasteiger partial charge on any atom is -0.322 e. The lowest BCUT2D eigenvalue weighted by atomic mass is 9.88. The zero-order valence-electron chi connectivity index (χ0n) is 11.2. The van der Waals surface area contributed by atoms with E-state index >= 15 is 0 Å². The van der Waals surface area contributed by atoms with Crippen LogP contribution in [-0.4, -0.2) is 5.91 Å². The van der Waals surface area contributed by atoms with Crippen molar-refractivity contribution in [1.82, 2.24) is 0 Å². The highest BCUT2D eigenvalue weighted by atomic mass is 35.5. The van der Waals surface area contributed by atoms with E-state index in [0.29, 0.717) is 5.02 Å². The van der Waals surface area contributed by atoms with Gasteiger partial charge in [0.15, 0.2) is 0 Å². The van der Waals surface area contributed by atoms with E-state index in [-0.39, 0.29) is 5.91 Å². The minimum absolute atomic E-state index is 0.0500. The van der Waals surface area contributed by atoms with Gasteiger partial charge in [-0.15, -0.1) is 0 Å². The molecule has 1 aliphatic rings. The van der Waals surface area contributed by atoms with Crippen molar-refractivity contribution < 1.29 is 4.79 Å². The molecular formula is C17H16ClNO. The van der Waals surface area contributed by atoms with Crippen molar-refractivity contribution in [3.05, 3.63) is 64.2 Å². The Labute approximate surface area is 123 Å². The van der Waals surface area contributed by atoms with Gasteiger partial charge in [-0.25, -0.2) is 0 Å². The molecule has 1 N–H and O–H groups in total. The molecule has 3 rings (SSSR count). The van der Waals surface area contributed by atoms with Crippen LogP contribution in [0.2, 0.25) is 5.02 Å². The third-order valence-corrected chi connectivity index (χ3v) is 3.96. The van der Waals surface area contributed by atoms with Gasteiger partial charge in [-0.05, 0) is 61.1 Å². The van der Waals surface area contributed by atoms with Crippen LogP contribution in [0.4, 0.5) is 5.69 Å². The minimum atomic E-state index is -0.0500. The van der Waals surface area contributed by atoms with Crippen LogP contribution in [0.15, 0.2) is 42.5 Å². The number of rotatable bonds is 2. The summed E-state index contributed by atoms with van der Waals surface area (Å²) in [6.07, 6.45) is 4.45. The normalized spacial score (nSPS) is 13.7. The molecule has 0 aliphatic heterocycles. The SMILES string of the molecule is O=C(Nc1cccc(Cl)c1)c1cccc2c1CCCC2. The van der Waals surface area contributed by atoms with Crippen molar-refractivity contribution in [3.63, 3.8) is 0 Å². The Balaban J connectivity index is 1.88. The summed E-state index contributed by atoms with van der Waals surface area (Å²) in [5.74, 6) is -0.0500. The number of nitrogens with one attached hydrogen (secondary N) is 1. The maximum atomic E-state index is 12.4. The van der Waals surface area contributed by atoms with E-state index in [0.717, 1.165) is 30.5 Å². The lowest BCUT2D eigenvalue weighted by molar-refractivity contribution is 0.102. The van der Waals surface area contributed by atoms with Gasteiger partial charge in [0.25, 0.3) is 5.91 Å². The Kier molecular flexibility index (Phi) is 3.75. The molecule has 20 heavy (non-hydrogen) atoms.